The van der Waals surface area contributed by atoms with E-state index in [-0.39, 0.29) is 6.04 Å². The van der Waals surface area contributed by atoms with Gasteiger partial charge >= 0.3 is 0 Å². The molecule has 0 heterocycles. The number of nitrogens with two attached hydrogens (primary N) is 1. The first kappa shape index (κ1) is 8.97. The smallest absolute Gasteiger partial charge is 0.102 e. The van der Waals surface area contributed by atoms with Crippen molar-refractivity contribution in [2.24, 2.45) is 5.73 Å². The molecule has 4 N–H and O–H groups in total. The van der Waals surface area contributed by atoms with E-state index in [0.29, 0.717) is 6.04 Å². The Hall–Kier alpha value is -0.120. The zero-order chi connectivity index (χ0) is 8.27. The van der Waals surface area contributed by atoms with Crippen LogP contribution < -0.4 is 11.1 Å². The molecule has 0 spiro atoms. The van der Waals surface area contributed by atoms with Gasteiger partial charge in [-0.25, -0.2) is 0 Å². The average Bonchev–Trinajstić information content (AvgIpc) is 1.93. The third kappa shape index (κ3) is 2.77. The second kappa shape index (κ2) is 4.04. The van der Waals surface area contributed by atoms with Crippen LogP contribution in [0.4, 0.5) is 0 Å². The quantitative estimate of drug-likeness (QED) is 0.503. The molecule has 0 saturated heterocycles. The van der Waals surface area contributed by atoms with Crippen LogP contribution in [-0.4, -0.2) is 23.4 Å². The molecule has 3 unspecified atom stereocenters. The molecule has 1 aliphatic rings. The molecule has 11 heavy (non-hydrogen) atoms. The lowest BCUT2D eigenvalue weighted by molar-refractivity contribution is 0.124. The minimum Gasteiger partial charge on any atom is -0.379 e. The van der Waals surface area contributed by atoms with Crippen LogP contribution in [0.2, 0.25) is 0 Å². The molecule has 3 atom stereocenters. The molecular formula is C8H18N2O. The molecule has 0 radical (unpaired) electrons. The van der Waals surface area contributed by atoms with Crippen LogP contribution in [0.5, 0.6) is 0 Å². The van der Waals surface area contributed by atoms with E-state index in [1.165, 1.54) is 12.8 Å². The Labute approximate surface area is 68.0 Å². The van der Waals surface area contributed by atoms with Crippen LogP contribution in [0.15, 0.2) is 0 Å². The number of nitrogens with one attached hydrogen (secondary N) is 1. The molecule has 3 heteroatoms. The van der Waals surface area contributed by atoms with Crippen LogP contribution in [0.25, 0.3) is 0 Å². The minimum absolute atomic E-state index is 0.235. The van der Waals surface area contributed by atoms with E-state index in [4.69, 9.17) is 10.8 Å². The molecule has 1 rings (SSSR count). The fourth-order valence-corrected chi connectivity index (χ4v) is 1.68. The highest BCUT2D eigenvalue weighted by atomic mass is 16.3. The SMILES string of the molecule is CC(O)NC1CCCCC1N. The van der Waals surface area contributed by atoms with Gasteiger partial charge in [0.25, 0.3) is 0 Å². The summed E-state index contributed by atoms with van der Waals surface area (Å²) in [6.07, 6.45) is 4.23. The predicted molar refractivity (Wildman–Crippen MR) is 45.0 cm³/mol. The van der Waals surface area contributed by atoms with Crippen LogP contribution in [0, 0.1) is 0 Å². The molecule has 0 aromatic carbocycles. The van der Waals surface area contributed by atoms with Crippen LogP contribution >= 0.6 is 0 Å². The fourth-order valence-electron chi connectivity index (χ4n) is 1.68. The molecule has 3 nitrogen and oxygen atoms in total. The fraction of sp³-hybridized carbons (Fsp3) is 1.00. The number of hydrogen-bond acceptors (Lipinski definition) is 3. The van der Waals surface area contributed by atoms with Gasteiger partial charge in [-0.3, -0.25) is 5.32 Å². The first-order chi connectivity index (χ1) is 5.20. The molecule has 0 aromatic heterocycles. The van der Waals surface area contributed by atoms with Gasteiger partial charge in [0.2, 0.25) is 0 Å². The van der Waals surface area contributed by atoms with Crippen LogP contribution in [-0.2, 0) is 0 Å². The molecule has 1 aliphatic carbocycles. The molecule has 1 fully saturated rings. The number of aliphatic hydroxyl groups excluding tert-OH is 1. The zero-order valence-electron chi connectivity index (χ0n) is 7.09. The summed E-state index contributed by atoms with van der Waals surface area (Å²) in [4.78, 5) is 0. The summed E-state index contributed by atoms with van der Waals surface area (Å²) < 4.78 is 0. The number of hydrogen-bond donors (Lipinski definition) is 3. The van der Waals surface area contributed by atoms with Gasteiger partial charge in [0, 0.05) is 12.1 Å². The van der Waals surface area contributed by atoms with Gasteiger partial charge in [0.05, 0.1) is 0 Å². The van der Waals surface area contributed by atoms with Gasteiger partial charge in [-0.15, -0.1) is 0 Å². The van der Waals surface area contributed by atoms with E-state index in [2.05, 4.69) is 5.32 Å². The monoisotopic (exact) mass is 158 g/mol. The Bertz CT molecular complexity index is 117. The van der Waals surface area contributed by atoms with Gasteiger partial charge in [-0.05, 0) is 19.8 Å². The molecule has 0 aliphatic heterocycles. The summed E-state index contributed by atoms with van der Waals surface area (Å²) in [6.45, 7) is 1.74. The Morgan fingerprint density at radius 2 is 2.09 bits per heavy atom. The molecule has 0 amide bonds. The van der Waals surface area contributed by atoms with E-state index in [0.717, 1.165) is 12.8 Å². The lowest BCUT2D eigenvalue weighted by Crippen LogP contribution is -2.50. The lowest BCUT2D eigenvalue weighted by Gasteiger charge is -2.30. The first-order valence-electron chi connectivity index (χ1n) is 4.40. The maximum atomic E-state index is 9.06. The van der Waals surface area contributed by atoms with Crippen molar-refractivity contribution in [1.29, 1.82) is 0 Å². The average molecular weight is 158 g/mol. The topological polar surface area (TPSA) is 58.3 Å². The van der Waals surface area contributed by atoms with Crippen molar-refractivity contribution < 1.29 is 5.11 Å². The van der Waals surface area contributed by atoms with E-state index in [9.17, 15) is 0 Å². The van der Waals surface area contributed by atoms with E-state index < -0.39 is 6.23 Å². The van der Waals surface area contributed by atoms with Crippen LogP contribution in [0.1, 0.15) is 32.6 Å². The minimum atomic E-state index is -0.427. The lowest BCUT2D eigenvalue weighted by atomic mass is 9.91. The van der Waals surface area contributed by atoms with Gasteiger partial charge in [0.15, 0.2) is 0 Å². The normalized spacial score (nSPS) is 35.2. The highest BCUT2D eigenvalue weighted by molar-refractivity contribution is 4.83. The van der Waals surface area contributed by atoms with Gasteiger partial charge in [-0.1, -0.05) is 12.8 Å². The second-order valence-electron chi connectivity index (χ2n) is 3.40. The number of rotatable bonds is 2. The van der Waals surface area contributed by atoms with Crippen molar-refractivity contribution in [1.82, 2.24) is 5.32 Å². The van der Waals surface area contributed by atoms with Gasteiger partial charge in [0.1, 0.15) is 6.23 Å². The molecule has 66 valence electrons. The highest BCUT2D eigenvalue weighted by Crippen LogP contribution is 2.16. The van der Waals surface area contributed by atoms with Crippen molar-refractivity contribution in [2.75, 3.05) is 0 Å². The third-order valence-electron chi connectivity index (χ3n) is 2.27. The van der Waals surface area contributed by atoms with Gasteiger partial charge < -0.3 is 10.8 Å². The maximum absolute atomic E-state index is 9.06. The van der Waals surface area contributed by atoms with Gasteiger partial charge in [-0.2, -0.15) is 0 Å². The van der Waals surface area contributed by atoms with Crippen molar-refractivity contribution >= 4 is 0 Å². The van der Waals surface area contributed by atoms with E-state index in [1.807, 2.05) is 0 Å². The van der Waals surface area contributed by atoms with Crippen molar-refractivity contribution in [3.8, 4) is 0 Å². The summed E-state index contributed by atoms with van der Waals surface area (Å²) in [5.41, 5.74) is 5.85. The second-order valence-corrected chi connectivity index (χ2v) is 3.40. The first-order valence-corrected chi connectivity index (χ1v) is 4.40. The summed E-state index contributed by atoms with van der Waals surface area (Å²) in [5, 5.41) is 12.1. The predicted octanol–water partition coefficient (Wildman–Crippen LogP) is 0.184. The molecule has 1 saturated carbocycles. The maximum Gasteiger partial charge on any atom is 0.102 e. The number of aliphatic hydroxyl groups is 1. The van der Waals surface area contributed by atoms with Crippen LogP contribution in [0.3, 0.4) is 0 Å². The Morgan fingerprint density at radius 1 is 1.45 bits per heavy atom. The van der Waals surface area contributed by atoms with E-state index in [1.54, 1.807) is 6.92 Å². The molecule has 0 bridgehead atoms. The van der Waals surface area contributed by atoms with E-state index >= 15 is 0 Å². The molecular weight excluding hydrogens is 140 g/mol. The van der Waals surface area contributed by atoms with Crippen molar-refractivity contribution in [3.63, 3.8) is 0 Å². The summed E-state index contributed by atoms with van der Waals surface area (Å²) in [5.74, 6) is 0. The summed E-state index contributed by atoms with van der Waals surface area (Å²) in [6, 6.07) is 0.557. The summed E-state index contributed by atoms with van der Waals surface area (Å²) in [7, 11) is 0. The van der Waals surface area contributed by atoms with Crippen molar-refractivity contribution in [2.45, 2.75) is 50.9 Å². The van der Waals surface area contributed by atoms with Crippen molar-refractivity contribution in [3.05, 3.63) is 0 Å². The standard InChI is InChI=1S/C8H18N2O/c1-6(11)10-8-5-3-2-4-7(8)9/h6-8,10-11H,2-5,9H2,1H3. The Morgan fingerprint density at radius 3 is 2.64 bits per heavy atom. The zero-order valence-corrected chi connectivity index (χ0v) is 7.09. The third-order valence-corrected chi connectivity index (χ3v) is 2.27. The Balaban J connectivity index is 2.29. The Kier molecular flexibility index (Phi) is 3.30. The highest BCUT2D eigenvalue weighted by Gasteiger charge is 2.21. The molecule has 0 aromatic rings. The summed E-state index contributed by atoms with van der Waals surface area (Å²) >= 11 is 0. The largest absolute Gasteiger partial charge is 0.379 e.